The molecule has 0 atom stereocenters. The normalized spacial score (nSPS) is 17.3. The quantitative estimate of drug-likeness (QED) is 0.875. The van der Waals surface area contributed by atoms with Gasteiger partial charge in [0.2, 0.25) is 0 Å². The van der Waals surface area contributed by atoms with Crippen LogP contribution in [0.15, 0.2) is 5.38 Å². The standard InChI is InChI=1S/C12H16N2O3S/c1-7(2)10-13-8(6-18-10)9(15)14-12(11(16)17)4-3-5-12/h6-7H,3-5H2,1-2H3,(H,14,15)(H,16,17). The van der Waals surface area contributed by atoms with E-state index >= 15 is 0 Å². The number of carboxylic acids is 1. The SMILES string of the molecule is CC(C)c1nc(C(=O)NC2(C(=O)O)CCC2)cs1. The molecule has 1 amide bonds. The minimum Gasteiger partial charge on any atom is -0.480 e. The fourth-order valence-electron chi connectivity index (χ4n) is 1.86. The number of thiazole rings is 1. The Morgan fingerprint density at radius 1 is 1.50 bits per heavy atom. The molecule has 1 fully saturated rings. The first-order valence-electron chi connectivity index (χ1n) is 5.96. The highest BCUT2D eigenvalue weighted by Gasteiger charge is 2.46. The van der Waals surface area contributed by atoms with Gasteiger partial charge >= 0.3 is 5.97 Å². The summed E-state index contributed by atoms with van der Waals surface area (Å²) in [4.78, 5) is 27.3. The first-order chi connectivity index (χ1) is 8.44. The van der Waals surface area contributed by atoms with Gasteiger partial charge in [-0.05, 0) is 19.3 Å². The summed E-state index contributed by atoms with van der Waals surface area (Å²) in [6.45, 7) is 4.01. The van der Waals surface area contributed by atoms with E-state index in [-0.39, 0.29) is 11.8 Å². The zero-order chi connectivity index (χ0) is 13.3. The molecule has 1 aromatic rings. The molecule has 0 saturated heterocycles. The number of amides is 1. The largest absolute Gasteiger partial charge is 0.480 e. The van der Waals surface area contributed by atoms with Gasteiger partial charge in [0.25, 0.3) is 5.91 Å². The Bertz CT molecular complexity index is 477. The van der Waals surface area contributed by atoms with Crippen LogP contribution in [0.2, 0.25) is 0 Å². The number of nitrogens with zero attached hydrogens (tertiary/aromatic N) is 1. The molecule has 0 bridgehead atoms. The summed E-state index contributed by atoms with van der Waals surface area (Å²) in [7, 11) is 0. The number of hydrogen-bond acceptors (Lipinski definition) is 4. The lowest BCUT2D eigenvalue weighted by Crippen LogP contribution is -2.59. The molecular formula is C12H16N2O3S. The number of hydrogen-bond donors (Lipinski definition) is 2. The molecule has 1 aliphatic rings. The van der Waals surface area contributed by atoms with Crippen LogP contribution < -0.4 is 5.32 Å². The van der Waals surface area contributed by atoms with E-state index in [1.807, 2.05) is 13.8 Å². The average molecular weight is 268 g/mol. The molecule has 2 N–H and O–H groups in total. The fraction of sp³-hybridized carbons (Fsp3) is 0.583. The van der Waals surface area contributed by atoms with Crippen molar-refractivity contribution < 1.29 is 14.7 Å². The average Bonchev–Trinajstić information content (AvgIpc) is 2.71. The van der Waals surface area contributed by atoms with Crippen molar-refractivity contribution in [1.82, 2.24) is 10.3 Å². The van der Waals surface area contributed by atoms with E-state index in [0.29, 0.717) is 18.5 Å². The molecule has 0 aromatic carbocycles. The molecule has 0 radical (unpaired) electrons. The minimum atomic E-state index is -1.07. The van der Waals surface area contributed by atoms with E-state index in [2.05, 4.69) is 10.3 Å². The zero-order valence-electron chi connectivity index (χ0n) is 10.4. The Balaban J connectivity index is 2.09. The van der Waals surface area contributed by atoms with Crippen molar-refractivity contribution >= 4 is 23.2 Å². The van der Waals surface area contributed by atoms with Crippen LogP contribution in [-0.2, 0) is 4.79 Å². The first-order valence-corrected chi connectivity index (χ1v) is 6.84. The highest BCUT2D eigenvalue weighted by Crippen LogP contribution is 2.32. The number of rotatable bonds is 4. The molecule has 1 aliphatic carbocycles. The molecule has 18 heavy (non-hydrogen) atoms. The van der Waals surface area contributed by atoms with E-state index < -0.39 is 11.5 Å². The topological polar surface area (TPSA) is 79.3 Å². The number of carboxylic acid groups (broad SMARTS) is 1. The summed E-state index contributed by atoms with van der Waals surface area (Å²) in [5.74, 6) is -1.07. The van der Waals surface area contributed by atoms with E-state index in [0.717, 1.165) is 11.4 Å². The van der Waals surface area contributed by atoms with E-state index in [4.69, 9.17) is 5.11 Å². The lowest BCUT2D eigenvalue weighted by atomic mass is 9.76. The number of nitrogens with one attached hydrogen (secondary N) is 1. The van der Waals surface area contributed by atoms with Crippen LogP contribution in [0.1, 0.15) is 54.5 Å². The molecule has 0 aliphatic heterocycles. The predicted octanol–water partition coefficient (Wildman–Crippen LogP) is 2.00. The van der Waals surface area contributed by atoms with Crippen molar-refractivity contribution in [3.63, 3.8) is 0 Å². The minimum absolute atomic E-state index is 0.272. The van der Waals surface area contributed by atoms with Gasteiger partial charge in [0.15, 0.2) is 0 Å². The van der Waals surface area contributed by atoms with Crippen molar-refractivity contribution in [2.24, 2.45) is 0 Å². The van der Waals surface area contributed by atoms with Gasteiger partial charge in [0.1, 0.15) is 11.2 Å². The summed E-state index contributed by atoms with van der Waals surface area (Å²) >= 11 is 1.43. The zero-order valence-corrected chi connectivity index (χ0v) is 11.2. The van der Waals surface area contributed by atoms with Gasteiger partial charge < -0.3 is 10.4 Å². The third kappa shape index (κ3) is 2.25. The maximum Gasteiger partial charge on any atom is 0.329 e. The third-order valence-corrected chi connectivity index (χ3v) is 4.36. The van der Waals surface area contributed by atoms with E-state index in [9.17, 15) is 9.59 Å². The number of carbonyl (C=O) groups excluding carboxylic acids is 1. The molecule has 6 heteroatoms. The second-order valence-electron chi connectivity index (χ2n) is 4.92. The van der Waals surface area contributed by atoms with Crippen LogP contribution in [0, 0.1) is 0 Å². The van der Waals surface area contributed by atoms with Gasteiger partial charge in [-0.2, -0.15) is 0 Å². The Hall–Kier alpha value is -1.43. The Morgan fingerprint density at radius 2 is 2.17 bits per heavy atom. The molecule has 0 unspecified atom stereocenters. The molecule has 1 saturated carbocycles. The van der Waals surface area contributed by atoms with Gasteiger partial charge in [-0.25, -0.2) is 9.78 Å². The van der Waals surface area contributed by atoms with Crippen LogP contribution in [0.25, 0.3) is 0 Å². The lowest BCUT2D eigenvalue weighted by Gasteiger charge is -2.37. The second-order valence-corrected chi connectivity index (χ2v) is 5.81. The first kappa shape index (κ1) is 13.0. The monoisotopic (exact) mass is 268 g/mol. The molecule has 1 heterocycles. The summed E-state index contributed by atoms with van der Waals surface area (Å²) in [6, 6.07) is 0. The smallest absolute Gasteiger partial charge is 0.329 e. The van der Waals surface area contributed by atoms with E-state index in [1.165, 1.54) is 11.3 Å². The second kappa shape index (κ2) is 4.68. The summed E-state index contributed by atoms with van der Waals surface area (Å²) in [5.41, 5.74) is -0.755. The summed E-state index contributed by atoms with van der Waals surface area (Å²) < 4.78 is 0. The van der Waals surface area contributed by atoms with Gasteiger partial charge in [-0.1, -0.05) is 13.8 Å². The van der Waals surface area contributed by atoms with Gasteiger partial charge in [-0.3, -0.25) is 4.79 Å². The predicted molar refractivity (Wildman–Crippen MR) is 67.9 cm³/mol. The van der Waals surface area contributed by atoms with Crippen molar-refractivity contribution in [2.45, 2.75) is 44.6 Å². The molecule has 5 nitrogen and oxygen atoms in total. The molecule has 0 spiro atoms. The highest BCUT2D eigenvalue weighted by atomic mass is 32.1. The maximum atomic E-state index is 12.0. The van der Waals surface area contributed by atoms with Crippen molar-refractivity contribution in [3.05, 3.63) is 16.1 Å². The van der Waals surface area contributed by atoms with Crippen LogP contribution in [0.3, 0.4) is 0 Å². The van der Waals surface area contributed by atoms with Crippen LogP contribution in [0.4, 0.5) is 0 Å². The number of carbonyl (C=O) groups is 2. The maximum absolute atomic E-state index is 12.0. The van der Waals surface area contributed by atoms with Crippen molar-refractivity contribution in [2.75, 3.05) is 0 Å². The highest BCUT2D eigenvalue weighted by molar-refractivity contribution is 7.09. The van der Waals surface area contributed by atoms with Crippen LogP contribution >= 0.6 is 11.3 Å². The molecular weight excluding hydrogens is 252 g/mol. The number of aliphatic carboxylic acids is 1. The Labute approximate surface area is 109 Å². The Kier molecular flexibility index (Phi) is 3.38. The van der Waals surface area contributed by atoms with Gasteiger partial charge in [0.05, 0.1) is 5.01 Å². The summed E-state index contributed by atoms with van der Waals surface area (Å²) in [5, 5.41) is 14.3. The molecule has 1 aromatic heterocycles. The molecule has 2 rings (SSSR count). The summed E-state index contributed by atoms with van der Waals surface area (Å²) in [6.07, 6.45) is 1.82. The Morgan fingerprint density at radius 3 is 2.56 bits per heavy atom. The van der Waals surface area contributed by atoms with Gasteiger partial charge in [-0.15, -0.1) is 11.3 Å². The van der Waals surface area contributed by atoms with Crippen molar-refractivity contribution in [1.29, 1.82) is 0 Å². The van der Waals surface area contributed by atoms with Crippen LogP contribution in [-0.4, -0.2) is 27.5 Å². The van der Waals surface area contributed by atoms with Gasteiger partial charge in [0, 0.05) is 11.3 Å². The van der Waals surface area contributed by atoms with E-state index in [1.54, 1.807) is 5.38 Å². The molecule has 98 valence electrons. The fourth-order valence-corrected chi connectivity index (χ4v) is 2.68. The lowest BCUT2D eigenvalue weighted by molar-refractivity contribution is -0.148. The van der Waals surface area contributed by atoms with Crippen LogP contribution in [0.5, 0.6) is 0 Å². The van der Waals surface area contributed by atoms with Crippen molar-refractivity contribution in [3.8, 4) is 0 Å². The third-order valence-electron chi connectivity index (χ3n) is 3.22. The number of aromatic nitrogens is 1.